The van der Waals surface area contributed by atoms with Gasteiger partial charge in [-0.3, -0.25) is 4.79 Å². The van der Waals surface area contributed by atoms with Crippen LogP contribution in [0.2, 0.25) is 0 Å². The van der Waals surface area contributed by atoms with Crippen LogP contribution >= 0.6 is 0 Å². The van der Waals surface area contributed by atoms with Crippen molar-refractivity contribution in [3.05, 3.63) is 73.1 Å². The van der Waals surface area contributed by atoms with Crippen LogP contribution in [0.5, 0.6) is 5.75 Å². The molecule has 2 aromatic carbocycles. The number of ether oxygens (including phenoxy) is 1. The van der Waals surface area contributed by atoms with Crippen LogP contribution in [0.4, 0.5) is 5.69 Å². The number of carbonyl (C=O) groups is 1. The molecule has 0 bridgehead atoms. The van der Waals surface area contributed by atoms with Gasteiger partial charge in [0.05, 0.1) is 18.1 Å². The number of fused-ring (bicyclic) bond motifs is 1. The van der Waals surface area contributed by atoms with Crippen molar-refractivity contribution in [1.29, 1.82) is 0 Å². The average Bonchev–Trinajstić information content (AvgIpc) is 3.17. The number of aromatic nitrogens is 3. The predicted molar refractivity (Wildman–Crippen MR) is 114 cm³/mol. The second-order valence-corrected chi connectivity index (χ2v) is 7.02. The molecule has 2 aromatic heterocycles. The average molecular weight is 386 g/mol. The fourth-order valence-electron chi connectivity index (χ4n) is 3.18. The lowest BCUT2D eigenvalue weighted by Gasteiger charge is -2.12. The van der Waals surface area contributed by atoms with Gasteiger partial charge in [-0.25, -0.2) is 9.67 Å². The first-order valence-corrected chi connectivity index (χ1v) is 9.52. The zero-order valence-electron chi connectivity index (χ0n) is 16.4. The first-order chi connectivity index (χ1) is 14.1. The lowest BCUT2D eigenvalue weighted by Crippen LogP contribution is -2.20. The molecule has 4 rings (SSSR count). The molecule has 6 heteroatoms. The molecule has 0 unspecified atom stereocenters. The molecule has 2 heterocycles. The van der Waals surface area contributed by atoms with Crippen molar-refractivity contribution in [2.45, 2.75) is 19.9 Å². The maximum absolute atomic E-state index is 12.4. The Morgan fingerprint density at radius 3 is 2.62 bits per heavy atom. The first kappa shape index (κ1) is 18.7. The number of pyridine rings is 1. The predicted octanol–water partition coefficient (Wildman–Crippen LogP) is 4.70. The number of para-hydroxylation sites is 1. The topological polar surface area (TPSA) is 69.0 Å². The van der Waals surface area contributed by atoms with Crippen molar-refractivity contribution in [3.63, 3.8) is 0 Å². The molecule has 6 nitrogen and oxygen atoms in total. The van der Waals surface area contributed by atoms with Gasteiger partial charge in [0.1, 0.15) is 5.75 Å². The minimum Gasteiger partial charge on any atom is -0.483 e. The molecule has 0 fully saturated rings. The van der Waals surface area contributed by atoms with Crippen LogP contribution < -0.4 is 10.1 Å². The van der Waals surface area contributed by atoms with Gasteiger partial charge in [0.2, 0.25) is 0 Å². The Kier molecular flexibility index (Phi) is 5.24. The van der Waals surface area contributed by atoms with Crippen molar-refractivity contribution < 1.29 is 9.53 Å². The second kappa shape index (κ2) is 8.14. The Morgan fingerprint density at radius 2 is 1.83 bits per heavy atom. The number of nitrogens with zero attached hydrogens (tertiary/aromatic N) is 3. The summed E-state index contributed by atoms with van der Waals surface area (Å²) in [5.74, 6) is 0.422. The van der Waals surface area contributed by atoms with Crippen LogP contribution in [0.3, 0.4) is 0 Å². The Morgan fingerprint density at radius 1 is 1.07 bits per heavy atom. The van der Waals surface area contributed by atoms with Gasteiger partial charge in [-0.05, 0) is 31.5 Å². The summed E-state index contributed by atoms with van der Waals surface area (Å²) in [6, 6.07) is 19.7. The van der Waals surface area contributed by atoms with Gasteiger partial charge in [0.25, 0.3) is 5.91 Å². The molecule has 0 radical (unpaired) electrons. The smallest absolute Gasteiger partial charge is 0.262 e. The Hall–Kier alpha value is -3.67. The summed E-state index contributed by atoms with van der Waals surface area (Å²) in [6.07, 6.45) is 3.39. The number of hydrogen-bond donors (Lipinski definition) is 1. The minimum absolute atomic E-state index is 0.0901. The standard InChI is InChI=1S/C23H22N4O2/c1-16(2)27-23-18(13-25-27)12-19(14-24-23)26-22(28)15-29-21-11-7-6-10-20(21)17-8-4-3-5-9-17/h3-14,16H,15H2,1-2H3,(H,26,28). The molecule has 0 aliphatic carbocycles. The first-order valence-electron chi connectivity index (χ1n) is 9.52. The van der Waals surface area contributed by atoms with E-state index in [1.54, 1.807) is 12.4 Å². The van der Waals surface area contributed by atoms with E-state index in [-0.39, 0.29) is 18.6 Å². The molecule has 0 saturated carbocycles. The Bertz CT molecular complexity index is 1140. The van der Waals surface area contributed by atoms with E-state index in [0.29, 0.717) is 11.4 Å². The molecular formula is C23H22N4O2. The van der Waals surface area contributed by atoms with Crippen molar-refractivity contribution in [2.75, 3.05) is 11.9 Å². The van der Waals surface area contributed by atoms with Gasteiger partial charge in [-0.2, -0.15) is 5.10 Å². The van der Waals surface area contributed by atoms with E-state index in [2.05, 4.69) is 29.2 Å². The molecule has 4 aromatic rings. The monoisotopic (exact) mass is 386 g/mol. The van der Waals surface area contributed by atoms with Crippen LogP contribution in [0.1, 0.15) is 19.9 Å². The second-order valence-electron chi connectivity index (χ2n) is 7.02. The fourth-order valence-corrected chi connectivity index (χ4v) is 3.18. The van der Waals surface area contributed by atoms with Crippen LogP contribution in [0, 0.1) is 0 Å². The highest BCUT2D eigenvalue weighted by Gasteiger charge is 2.11. The van der Waals surface area contributed by atoms with E-state index >= 15 is 0 Å². The lowest BCUT2D eigenvalue weighted by atomic mass is 10.1. The van der Waals surface area contributed by atoms with Crippen molar-refractivity contribution in [1.82, 2.24) is 14.8 Å². The number of nitrogens with one attached hydrogen (secondary N) is 1. The van der Waals surface area contributed by atoms with Gasteiger partial charge in [0, 0.05) is 17.0 Å². The summed E-state index contributed by atoms with van der Waals surface area (Å²) in [5, 5.41) is 8.07. The SMILES string of the molecule is CC(C)n1ncc2cc(NC(=O)COc3ccccc3-c3ccccc3)cnc21. The third-order valence-corrected chi connectivity index (χ3v) is 4.54. The van der Waals surface area contributed by atoms with E-state index in [1.807, 2.05) is 65.3 Å². The van der Waals surface area contributed by atoms with E-state index in [4.69, 9.17) is 4.74 Å². The van der Waals surface area contributed by atoms with E-state index in [0.717, 1.165) is 22.2 Å². The van der Waals surface area contributed by atoms with Crippen LogP contribution in [-0.2, 0) is 4.79 Å². The summed E-state index contributed by atoms with van der Waals surface area (Å²) < 4.78 is 7.65. The largest absolute Gasteiger partial charge is 0.483 e. The highest BCUT2D eigenvalue weighted by Crippen LogP contribution is 2.29. The molecule has 29 heavy (non-hydrogen) atoms. The van der Waals surface area contributed by atoms with E-state index < -0.39 is 0 Å². The third-order valence-electron chi connectivity index (χ3n) is 4.54. The zero-order valence-corrected chi connectivity index (χ0v) is 16.4. The fraction of sp³-hybridized carbons (Fsp3) is 0.174. The van der Waals surface area contributed by atoms with Gasteiger partial charge < -0.3 is 10.1 Å². The number of anilines is 1. The number of carbonyl (C=O) groups excluding carboxylic acids is 1. The van der Waals surface area contributed by atoms with Crippen LogP contribution in [-0.4, -0.2) is 27.3 Å². The van der Waals surface area contributed by atoms with Crippen LogP contribution in [0.15, 0.2) is 73.1 Å². The maximum Gasteiger partial charge on any atom is 0.262 e. The third kappa shape index (κ3) is 4.11. The normalized spacial score (nSPS) is 11.0. The number of hydrogen-bond acceptors (Lipinski definition) is 4. The molecule has 0 atom stereocenters. The highest BCUT2D eigenvalue weighted by atomic mass is 16.5. The van der Waals surface area contributed by atoms with Crippen molar-refractivity contribution in [2.24, 2.45) is 0 Å². The molecule has 0 aliphatic heterocycles. The molecule has 146 valence electrons. The summed E-state index contributed by atoms with van der Waals surface area (Å²) >= 11 is 0. The van der Waals surface area contributed by atoms with Gasteiger partial charge in [-0.1, -0.05) is 48.5 Å². The van der Waals surface area contributed by atoms with Gasteiger partial charge >= 0.3 is 0 Å². The minimum atomic E-state index is -0.245. The van der Waals surface area contributed by atoms with Crippen molar-refractivity contribution >= 4 is 22.6 Å². The summed E-state index contributed by atoms with van der Waals surface area (Å²) in [5.41, 5.74) is 3.40. The number of rotatable bonds is 6. The van der Waals surface area contributed by atoms with Crippen LogP contribution in [0.25, 0.3) is 22.2 Å². The Balaban J connectivity index is 1.44. The Labute approximate surface area is 169 Å². The zero-order chi connectivity index (χ0) is 20.2. The quantitative estimate of drug-likeness (QED) is 0.522. The molecule has 0 aliphatic rings. The van der Waals surface area contributed by atoms with Gasteiger partial charge in [0.15, 0.2) is 12.3 Å². The molecule has 0 spiro atoms. The highest BCUT2D eigenvalue weighted by molar-refractivity contribution is 5.93. The van der Waals surface area contributed by atoms with Crippen molar-refractivity contribution in [3.8, 4) is 16.9 Å². The maximum atomic E-state index is 12.4. The molecule has 0 saturated heterocycles. The molecular weight excluding hydrogens is 364 g/mol. The number of amides is 1. The van der Waals surface area contributed by atoms with Gasteiger partial charge in [-0.15, -0.1) is 0 Å². The molecule has 1 amide bonds. The summed E-state index contributed by atoms with van der Waals surface area (Å²) in [4.78, 5) is 16.8. The summed E-state index contributed by atoms with van der Waals surface area (Å²) in [6.45, 7) is 4.01. The van der Waals surface area contributed by atoms with E-state index in [1.165, 1.54) is 0 Å². The van der Waals surface area contributed by atoms with E-state index in [9.17, 15) is 4.79 Å². The number of benzene rings is 2. The lowest BCUT2D eigenvalue weighted by molar-refractivity contribution is -0.118. The molecule has 1 N–H and O–H groups in total. The summed E-state index contributed by atoms with van der Waals surface area (Å²) in [7, 11) is 0.